The van der Waals surface area contributed by atoms with Crippen molar-refractivity contribution >= 4 is 18.0 Å². The van der Waals surface area contributed by atoms with Gasteiger partial charge in [-0.25, -0.2) is 4.79 Å². The zero-order chi connectivity index (χ0) is 25.8. The minimum Gasteiger partial charge on any atom is -0.493 e. The number of alkyl halides is 2. The molecule has 0 fully saturated rings. The van der Waals surface area contributed by atoms with Gasteiger partial charge in [0.1, 0.15) is 0 Å². The van der Waals surface area contributed by atoms with Gasteiger partial charge in [0.05, 0.1) is 7.11 Å². The second-order valence-corrected chi connectivity index (χ2v) is 7.77. The van der Waals surface area contributed by atoms with E-state index in [1.54, 1.807) is 4.90 Å². The molecule has 1 amide bonds. The van der Waals surface area contributed by atoms with Crippen LogP contribution in [0.1, 0.15) is 16.7 Å². The molecule has 6 nitrogen and oxygen atoms in total. The number of hydrogen-bond acceptors (Lipinski definition) is 5. The lowest BCUT2D eigenvalue weighted by molar-refractivity contribution is -0.148. The maximum atomic E-state index is 12.9. The Morgan fingerprint density at radius 2 is 1.58 bits per heavy atom. The fourth-order valence-corrected chi connectivity index (χ4v) is 3.42. The van der Waals surface area contributed by atoms with Gasteiger partial charge in [-0.15, -0.1) is 0 Å². The average molecular weight is 496 g/mol. The fourth-order valence-electron chi connectivity index (χ4n) is 3.42. The highest BCUT2D eigenvalue weighted by Gasteiger charge is 2.16. The summed E-state index contributed by atoms with van der Waals surface area (Å²) in [5, 5.41) is 0. The Hall–Kier alpha value is -4.20. The molecule has 0 atom stereocenters. The molecule has 0 aliphatic rings. The second kappa shape index (κ2) is 13.6. The normalized spacial score (nSPS) is 10.9. The van der Waals surface area contributed by atoms with Crippen molar-refractivity contribution in [2.45, 2.75) is 19.6 Å². The van der Waals surface area contributed by atoms with Crippen LogP contribution >= 0.6 is 0 Å². The summed E-state index contributed by atoms with van der Waals surface area (Å²) < 4.78 is 39.5. The van der Waals surface area contributed by atoms with Gasteiger partial charge in [-0.05, 0) is 41.3 Å². The predicted octanol–water partition coefficient (Wildman–Crippen LogP) is 5.12. The van der Waals surface area contributed by atoms with Crippen molar-refractivity contribution in [2.75, 3.05) is 20.3 Å². The van der Waals surface area contributed by atoms with Crippen molar-refractivity contribution in [1.29, 1.82) is 0 Å². The summed E-state index contributed by atoms with van der Waals surface area (Å²) in [6.45, 7) is -2.53. The molecule has 0 aromatic heterocycles. The zero-order valence-electron chi connectivity index (χ0n) is 19.8. The maximum absolute atomic E-state index is 12.9. The van der Waals surface area contributed by atoms with E-state index >= 15 is 0 Å². The van der Waals surface area contributed by atoms with Crippen molar-refractivity contribution in [3.8, 4) is 11.5 Å². The van der Waals surface area contributed by atoms with Crippen molar-refractivity contribution in [1.82, 2.24) is 4.90 Å². The molecular formula is C28H27F2NO5. The van der Waals surface area contributed by atoms with Crippen LogP contribution in [0.25, 0.3) is 6.08 Å². The van der Waals surface area contributed by atoms with E-state index in [0.29, 0.717) is 25.1 Å². The van der Waals surface area contributed by atoms with Gasteiger partial charge in [0.25, 0.3) is 5.91 Å². The first-order valence-electron chi connectivity index (χ1n) is 11.3. The number of halogens is 2. The quantitative estimate of drug-likeness (QED) is 0.258. The van der Waals surface area contributed by atoms with Gasteiger partial charge in [-0.3, -0.25) is 4.79 Å². The van der Waals surface area contributed by atoms with E-state index in [1.165, 1.54) is 31.4 Å². The molecule has 0 unspecified atom stereocenters. The highest BCUT2D eigenvalue weighted by Crippen LogP contribution is 2.29. The number of hydrogen-bond donors (Lipinski definition) is 0. The monoisotopic (exact) mass is 495 g/mol. The topological polar surface area (TPSA) is 65.1 Å². The minimum atomic E-state index is -2.98. The molecule has 0 spiro atoms. The molecule has 0 aliphatic carbocycles. The molecule has 3 aromatic rings. The Morgan fingerprint density at radius 3 is 2.22 bits per heavy atom. The summed E-state index contributed by atoms with van der Waals surface area (Å²) in [5.74, 6) is -1.05. The average Bonchev–Trinajstić information content (AvgIpc) is 2.89. The number of methoxy groups -OCH3 is 1. The van der Waals surface area contributed by atoms with Crippen LogP contribution in [0.5, 0.6) is 11.5 Å². The Morgan fingerprint density at radius 1 is 0.917 bits per heavy atom. The van der Waals surface area contributed by atoms with E-state index < -0.39 is 19.2 Å². The number of esters is 1. The molecule has 0 saturated carbocycles. The molecule has 0 radical (unpaired) electrons. The molecule has 0 saturated heterocycles. The summed E-state index contributed by atoms with van der Waals surface area (Å²) in [5.41, 5.74) is 2.58. The molecule has 36 heavy (non-hydrogen) atoms. The lowest BCUT2D eigenvalue weighted by atomic mass is 10.1. The van der Waals surface area contributed by atoms with Crippen LogP contribution in [0.3, 0.4) is 0 Å². The Bertz CT molecular complexity index is 1150. The highest BCUT2D eigenvalue weighted by atomic mass is 19.3. The SMILES string of the molecule is COc1cc(/C=C/C(=O)OCC(=O)N(CCc2ccccc2)Cc2ccccc2)ccc1OC(F)F. The summed E-state index contributed by atoms with van der Waals surface area (Å²) in [6.07, 6.45) is 3.25. The van der Waals surface area contributed by atoms with Crippen LogP contribution in [0.2, 0.25) is 0 Å². The first kappa shape index (κ1) is 26.4. The Balaban J connectivity index is 1.58. The van der Waals surface area contributed by atoms with E-state index in [0.717, 1.165) is 17.2 Å². The van der Waals surface area contributed by atoms with E-state index in [-0.39, 0.29) is 17.4 Å². The third-order valence-electron chi connectivity index (χ3n) is 5.24. The van der Waals surface area contributed by atoms with Crippen LogP contribution in [-0.2, 0) is 27.3 Å². The summed E-state index contributed by atoms with van der Waals surface area (Å²) in [4.78, 5) is 26.8. The highest BCUT2D eigenvalue weighted by molar-refractivity contribution is 5.89. The number of rotatable bonds is 12. The Kier molecular flexibility index (Phi) is 10.00. The molecule has 188 valence electrons. The van der Waals surface area contributed by atoms with E-state index in [4.69, 9.17) is 9.47 Å². The van der Waals surface area contributed by atoms with Crippen LogP contribution in [0, 0.1) is 0 Å². The van der Waals surface area contributed by atoms with Crippen LogP contribution < -0.4 is 9.47 Å². The molecular weight excluding hydrogens is 468 g/mol. The number of carbonyl (C=O) groups excluding carboxylic acids is 2. The molecule has 0 bridgehead atoms. The van der Waals surface area contributed by atoms with Crippen molar-refractivity contribution in [3.05, 3.63) is 102 Å². The Labute approximate surface area is 208 Å². The van der Waals surface area contributed by atoms with Gasteiger partial charge < -0.3 is 19.1 Å². The molecule has 3 aromatic carbocycles. The van der Waals surface area contributed by atoms with E-state index in [1.807, 2.05) is 60.7 Å². The summed E-state index contributed by atoms with van der Waals surface area (Å²) in [6, 6.07) is 23.6. The molecule has 0 heterocycles. The zero-order valence-corrected chi connectivity index (χ0v) is 19.8. The third-order valence-corrected chi connectivity index (χ3v) is 5.24. The predicted molar refractivity (Wildman–Crippen MR) is 132 cm³/mol. The number of amides is 1. The first-order chi connectivity index (χ1) is 17.4. The number of ether oxygens (including phenoxy) is 3. The van der Waals surface area contributed by atoms with Crippen molar-refractivity contribution in [2.24, 2.45) is 0 Å². The smallest absolute Gasteiger partial charge is 0.387 e. The van der Waals surface area contributed by atoms with Crippen LogP contribution in [0.15, 0.2) is 84.9 Å². The van der Waals surface area contributed by atoms with E-state index in [9.17, 15) is 18.4 Å². The van der Waals surface area contributed by atoms with Crippen molar-refractivity contribution in [3.63, 3.8) is 0 Å². The number of carbonyl (C=O) groups is 2. The van der Waals surface area contributed by atoms with Gasteiger partial charge in [0.15, 0.2) is 18.1 Å². The van der Waals surface area contributed by atoms with E-state index in [2.05, 4.69) is 4.74 Å². The fraction of sp³-hybridized carbons (Fsp3) is 0.214. The molecule has 0 N–H and O–H groups in total. The van der Waals surface area contributed by atoms with Gasteiger partial charge in [0, 0.05) is 19.2 Å². The lowest BCUT2D eigenvalue weighted by Gasteiger charge is -2.23. The third kappa shape index (κ3) is 8.54. The van der Waals surface area contributed by atoms with Gasteiger partial charge >= 0.3 is 12.6 Å². The number of nitrogens with zero attached hydrogens (tertiary/aromatic N) is 1. The van der Waals surface area contributed by atoms with Gasteiger partial charge in [-0.2, -0.15) is 8.78 Å². The minimum absolute atomic E-state index is 0.0935. The maximum Gasteiger partial charge on any atom is 0.387 e. The molecule has 3 rings (SSSR count). The largest absolute Gasteiger partial charge is 0.493 e. The summed E-state index contributed by atoms with van der Waals surface area (Å²) >= 11 is 0. The van der Waals surface area contributed by atoms with Crippen LogP contribution in [-0.4, -0.2) is 43.6 Å². The second-order valence-electron chi connectivity index (χ2n) is 7.77. The molecule has 8 heteroatoms. The van der Waals surface area contributed by atoms with Crippen molar-refractivity contribution < 1.29 is 32.6 Å². The molecule has 0 aliphatic heterocycles. The van der Waals surface area contributed by atoms with Crippen LogP contribution in [0.4, 0.5) is 8.78 Å². The number of benzene rings is 3. The standard InChI is InChI=1S/C28H27F2NO5/c1-34-25-18-22(12-14-24(25)36-28(29)30)13-15-27(33)35-20-26(32)31(19-23-10-6-3-7-11-23)17-16-21-8-4-2-5-9-21/h2-15,18,28H,16-17,19-20H2,1H3/b15-13+. The first-order valence-corrected chi connectivity index (χ1v) is 11.3. The van der Waals surface area contributed by atoms with Gasteiger partial charge in [0.2, 0.25) is 0 Å². The lowest BCUT2D eigenvalue weighted by Crippen LogP contribution is -2.35. The van der Waals surface area contributed by atoms with Gasteiger partial charge in [-0.1, -0.05) is 66.7 Å². The summed E-state index contributed by atoms with van der Waals surface area (Å²) in [7, 11) is 1.32.